The molecule has 2 N–H and O–H groups in total. The maximum Gasteiger partial charge on any atom is 0.0490 e. The third-order valence-corrected chi connectivity index (χ3v) is 3.70. The van der Waals surface area contributed by atoms with Gasteiger partial charge in [0.1, 0.15) is 0 Å². The highest BCUT2D eigenvalue weighted by molar-refractivity contribution is 5.01. The van der Waals surface area contributed by atoms with Gasteiger partial charge < -0.3 is 5.32 Å². The fourth-order valence-corrected chi connectivity index (χ4v) is 2.79. The van der Waals surface area contributed by atoms with Crippen molar-refractivity contribution in [1.29, 1.82) is 0 Å². The summed E-state index contributed by atoms with van der Waals surface area (Å²) in [5.74, 6) is 2.05. The first-order valence-corrected chi connectivity index (χ1v) is 5.65. The van der Waals surface area contributed by atoms with Gasteiger partial charge in [0.15, 0.2) is 0 Å². The molecule has 0 bridgehead atoms. The average molecular weight is 191 g/mol. The quantitative estimate of drug-likeness (QED) is 0.763. The maximum atomic E-state index is 3.95. The summed E-state index contributed by atoms with van der Waals surface area (Å²) in [4.78, 5) is 0. The van der Waals surface area contributed by atoms with Gasteiger partial charge in [-0.05, 0) is 30.7 Å². The molecule has 3 nitrogen and oxygen atoms in total. The van der Waals surface area contributed by atoms with Gasteiger partial charge in [0.2, 0.25) is 0 Å². The average Bonchev–Trinajstić information content (AvgIpc) is 2.83. The van der Waals surface area contributed by atoms with Crippen molar-refractivity contribution in [1.82, 2.24) is 15.5 Å². The van der Waals surface area contributed by atoms with E-state index in [1.807, 2.05) is 12.3 Å². The minimum absolute atomic E-state index is 0.775. The number of rotatable bonds is 3. The van der Waals surface area contributed by atoms with E-state index >= 15 is 0 Å². The Kier molecular flexibility index (Phi) is 2.05. The zero-order valence-electron chi connectivity index (χ0n) is 8.37. The fourth-order valence-electron chi connectivity index (χ4n) is 2.79. The molecule has 1 heterocycles. The van der Waals surface area contributed by atoms with Gasteiger partial charge in [-0.2, -0.15) is 5.10 Å². The first-order valence-electron chi connectivity index (χ1n) is 5.65. The molecule has 14 heavy (non-hydrogen) atoms. The minimum Gasteiger partial charge on any atom is -0.308 e. The molecule has 1 aromatic heterocycles. The normalized spacial score (nSPS) is 35.3. The molecular formula is C11H17N3. The Labute approximate surface area is 84.3 Å². The molecule has 1 aromatic rings. The van der Waals surface area contributed by atoms with Crippen LogP contribution in [0.25, 0.3) is 0 Å². The number of aromatic amines is 1. The van der Waals surface area contributed by atoms with Crippen molar-refractivity contribution in [2.24, 2.45) is 11.8 Å². The Morgan fingerprint density at radius 1 is 1.50 bits per heavy atom. The smallest absolute Gasteiger partial charge is 0.0490 e. The Balaban J connectivity index is 1.52. The number of H-pyrrole nitrogens is 1. The van der Waals surface area contributed by atoms with Gasteiger partial charge in [0.05, 0.1) is 0 Å². The maximum absolute atomic E-state index is 3.95. The number of hydrogen-bond donors (Lipinski definition) is 2. The van der Waals surface area contributed by atoms with Crippen molar-refractivity contribution in [2.75, 3.05) is 0 Å². The minimum atomic E-state index is 0.775. The molecule has 3 rings (SSSR count). The van der Waals surface area contributed by atoms with Crippen molar-refractivity contribution in [3.05, 3.63) is 18.0 Å². The molecule has 76 valence electrons. The van der Waals surface area contributed by atoms with Gasteiger partial charge in [-0.15, -0.1) is 0 Å². The van der Waals surface area contributed by atoms with Gasteiger partial charge in [-0.25, -0.2) is 0 Å². The predicted octanol–water partition coefficient (Wildman–Crippen LogP) is 1.69. The molecule has 2 saturated carbocycles. The van der Waals surface area contributed by atoms with Crippen LogP contribution in [-0.4, -0.2) is 16.2 Å². The lowest BCUT2D eigenvalue weighted by Crippen LogP contribution is -2.33. The highest BCUT2D eigenvalue weighted by Crippen LogP contribution is 2.49. The Hall–Kier alpha value is -0.830. The molecule has 0 saturated heterocycles. The lowest BCUT2D eigenvalue weighted by molar-refractivity contribution is 0.351. The Morgan fingerprint density at radius 2 is 2.50 bits per heavy atom. The van der Waals surface area contributed by atoms with Crippen molar-refractivity contribution in [3.63, 3.8) is 0 Å². The lowest BCUT2D eigenvalue weighted by Gasteiger charge is -2.22. The molecule has 3 atom stereocenters. The van der Waals surface area contributed by atoms with Crippen LogP contribution in [0.4, 0.5) is 0 Å². The van der Waals surface area contributed by atoms with Crippen molar-refractivity contribution < 1.29 is 0 Å². The number of aromatic nitrogens is 2. The van der Waals surface area contributed by atoms with Crippen molar-refractivity contribution in [2.45, 2.75) is 38.3 Å². The Bertz CT molecular complexity index is 293. The molecule has 0 amide bonds. The van der Waals surface area contributed by atoms with E-state index in [-0.39, 0.29) is 0 Å². The van der Waals surface area contributed by atoms with Crippen LogP contribution < -0.4 is 5.32 Å². The summed E-state index contributed by atoms with van der Waals surface area (Å²) in [6.45, 7) is 0.952. The summed E-state index contributed by atoms with van der Waals surface area (Å²) in [5.41, 5.74) is 1.20. The zero-order valence-corrected chi connectivity index (χ0v) is 8.37. The van der Waals surface area contributed by atoms with Crippen molar-refractivity contribution in [3.8, 4) is 0 Å². The number of fused-ring (bicyclic) bond motifs is 1. The van der Waals surface area contributed by atoms with E-state index in [0.717, 1.165) is 24.4 Å². The van der Waals surface area contributed by atoms with Crippen molar-refractivity contribution >= 4 is 0 Å². The van der Waals surface area contributed by atoms with Crippen LogP contribution in [0.3, 0.4) is 0 Å². The highest BCUT2D eigenvalue weighted by Gasteiger charge is 2.44. The van der Waals surface area contributed by atoms with Crippen LogP contribution >= 0.6 is 0 Å². The van der Waals surface area contributed by atoms with Crippen LogP contribution in [0.15, 0.2) is 12.3 Å². The predicted molar refractivity (Wildman–Crippen MR) is 54.7 cm³/mol. The molecular weight excluding hydrogens is 174 g/mol. The van der Waals surface area contributed by atoms with E-state index in [0.29, 0.717) is 0 Å². The first-order chi connectivity index (χ1) is 6.93. The van der Waals surface area contributed by atoms with E-state index in [4.69, 9.17) is 0 Å². The second-order valence-electron chi connectivity index (χ2n) is 4.66. The van der Waals surface area contributed by atoms with Gasteiger partial charge in [0, 0.05) is 24.5 Å². The summed E-state index contributed by atoms with van der Waals surface area (Å²) in [7, 11) is 0. The van der Waals surface area contributed by atoms with Crippen LogP contribution in [0, 0.1) is 11.8 Å². The first kappa shape index (κ1) is 8.48. The molecule has 0 radical (unpaired) electrons. The van der Waals surface area contributed by atoms with Crippen LogP contribution in [0.5, 0.6) is 0 Å². The number of nitrogens with one attached hydrogen (secondary N) is 2. The summed E-state index contributed by atoms with van der Waals surface area (Å²) in [5, 5.41) is 10.6. The topological polar surface area (TPSA) is 40.7 Å². The monoisotopic (exact) mass is 191 g/mol. The molecule has 1 unspecified atom stereocenters. The lowest BCUT2D eigenvalue weighted by atomic mass is 9.95. The second-order valence-corrected chi connectivity index (χ2v) is 4.66. The van der Waals surface area contributed by atoms with Crippen LogP contribution in [0.1, 0.15) is 31.4 Å². The summed E-state index contributed by atoms with van der Waals surface area (Å²) >= 11 is 0. The third kappa shape index (κ3) is 1.57. The molecule has 2 aliphatic rings. The van der Waals surface area contributed by atoms with Gasteiger partial charge in [-0.3, -0.25) is 5.10 Å². The molecule has 3 heteroatoms. The standard InChI is InChI=1S/C11H17N3/c1-2-8-6-10(8)11(3-1)12-7-9-4-5-13-14-9/h4-5,8,10-12H,1-3,6-7H2,(H,13,14)/t8-,10+,11?/m0/s1. The SMILES string of the molecule is c1cc(CNC2CCC[C@H]3C[C@@H]23)[nH]n1. The third-order valence-electron chi connectivity index (χ3n) is 3.70. The Morgan fingerprint density at radius 3 is 3.36 bits per heavy atom. The van der Waals surface area contributed by atoms with E-state index in [1.54, 1.807) is 0 Å². The molecule has 2 fully saturated rings. The van der Waals surface area contributed by atoms with E-state index in [9.17, 15) is 0 Å². The van der Waals surface area contributed by atoms with Gasteiger partial charge in [0.25, 0.3) is 0 Å². The molecule has 0 spiro atoms. The van der Waals surface area contributed by atoms with E-state index < -0.39 is 0 Å². The van der Waals surface area contributed by atoms with E-state index in [1.165, 1.54) is 31.4 Å². The van der Waals surface area contributed by atoms with Gasteiger partial charge in [-0.1, -0.05) is 12.8 Å². The second kappa shape index (κ2) is 3.39. The molecule has 2 aliphatic carbocycles. The highest BCUT2D eigenvalue weighted by atomic mass is 15.1. The summed E-state index contributed by atoms with van der Waals surface area (Å²) in [6, 6.07) is 2.82. The number of hydrogen-bond acceptors (Lipinski definition) is 2. The summed E-state index contributed by atoms with van der Waals surface area (Å²) in [6.07, 6.45) is 7.56. The van der Waals surface area contributed by atoms with Crippen LogP contribution in [-0.2, 0) is 6.54 Å². The zero-order chi connectivity index (χ0) is 9.38. The fraction of sp³-hybridized carbons (Fsp3) is 0.727. The number of nitrogens with zero attached hydrogens (tertiary/aromatic N) is 1. The van der Waals surface area contributed by atoms with Crippen LogP contribution in [0.2, 0.25) is 0 Å². The molecule has 0 aliphatic heterocycles. The van der Waals surface area contributed by atoms with Gasteiger partial charge >= 0.3 is 0 Å². The molecule has 0 aromatic carbocycles. The van der Waals surface area contributed by atoms with E-state index in [2.05, 4.69) is 15.5 Å². The largest absolute Gasteiger partial charge is 0.308 e. The summed E-state index contributed by atoms with van der Waals surface area (Å²) < 4.78 is 0.